The van der Waals surface area contributed by atoms with Crippen molar-refractivity contribution in [3.8, 4) is 0 Å². The highest BCUT2D eigenvalue weighted by Gasteiger charge is 2.26. The third-order valence-electron chi connectivity index (χ3n) is 3.31. The highest BCUT2D eigenvalue weighted by atomic mass is 16.5. The summed E-state index contributed by atoms with van der Waals surface area (Å²) < 4.78 is 5.22. The lowest BCUT2D eigenvalue weighted by atomic mass is 10.2. The monoisotopic (exact) mass is 229 g/mol. The molecule has 1 saturated heterocycles. The molecule has 2 unspecified atom stereocenters. The van der Waals surface area contributed by atoms with Gasteiger partial charge in [0.05, 0.1) is 6.61 Å². The molecule has 1 heterocycles. The van der Waals surface area contributed by atoms with Crippen LogP contribution in [0.2, 0.25) is 0 Å². The molecule has 1 fully saturated rings. The summed E-state index contributed by atoms with van der Waals surface area (Å²) in [7, 11) is 8.09. The van der Waals surface area contributed by atoms with Crippen LogP contribution in [0, 0.1) is 0 Å². The molecule has 1 aliphatic rings. The Labute approximate surface area is 99.9 Å². The van der Waals surface area contributed by atoms with E-state index in [1.165, 1.54) is 25.9 Å². The average Bonchev–Trinajstić information content (AvgIpc) is 2.64. The molecule has 0 aromatic carbocycles. The summed E-state index contributed by atoms with van der Waals surface area (Å²) in [6.07, 6.45) is 2.67. The SMILES string of the molecule is CNC(COC)CN1CCCC1CN(C)C. The van der Waals surface area contributed by atoms with Crippen molar-refractivity contribution < 1.29 is 4.74 Å². The second kappa shape index (κ2) is 7.22. The summed E-state index contributed by atoms with van der Waals surface area (Å²) >= 11 is 0. The molecule has 0 bridgehead atoms. The number of nitrogens with one attached hydrogen (secondary N) is 1. The number of rotatable bonds is 7. The van der Waals surface area contributed by atoms with Crippen molar-refractivity contribution in [3.05, 3.63) is 0 Å². The number of hydrogen-bond donors (Lipinski definition) is 1. The first-order valence-corrected chi connectivity index (χ1v) is 6.22. The zero-order valence-corrected chi connectivity index (χ0v) is 11.2. The van der Waals surface area contributed by atoms with Crippen LogP contribution >= 0.6 is 0 Å². The van der Waals surface area contributed by atoms with E-state index in [2.05, 4.69) is 29.2 Å². The second-order valence-corrected chi connectivity index (χ2v) is 4.99. The van der Waals surface area contributed by atoms with Gasteiger partial charge in [-0.2, -0.15) is 0 Å². The smallest absolute Gasteiger partial charge is 0.0628 e. The molecule has 1 rings (SSSR count). The fourth-order valence-electron chi connectivity index (χ4n) is 2.48. The van der Waals surface area contributed by atoms with E-state index in [-0.39, 0.29) is 0 Å². The Morgan fingerprint density at radius 1 is 1.50 bits per heavy atom. The Hall–Kier alpha value is -0.160. The third kappa shape index (κ3) is 4.37. The third-order valence-corrected chi connectivity index (χ3v) is 3.31. The van der Waals surface area contributed by atoms with Gasteiger partial charge in [0.25, 0.3) is 0 Å². The highest BCUT2D eigenvalue weighted by Crippen LogP contribution is 2.17. The summed E-state index contributed by atoms with van der Waals surface area (Å²) in [5.41, 5.74) is 0. The molecular formula is C12H27N3O. The van der Waals surface area contributed by atoms with Crippen LogP contribution in [-0.2, 0) is 4.74 Å². The maximum absolute atomic E-state index is 5.22. The number of hydrogen-bond acceptors (Lipinski definition) is 4. The first kappa shape index (κ1) is 13.9. The summed E-state index contributed by atoms with van der Waals surface area (Å²) in [5, 5.41) is 3.32. The molecule has 0 aromatic rings. The molecule has 16 heavy (non-hydrogen) atoms. The first-order valence-electron chi connectivity index (χ1n) is 6.22. The molecule has 0 radical (unpaired) electrons. The maximum atomic E-state index is 5.22. The van der Waals surface area contributed by atoms with Crippen molar-refractivity contribution in [2.24, 2.45) is 0 Å². The standard InChI is InChI=1S/C12H27N3O/c1-13-11(10-16-4)8-15-7-5-6-12(15)9-14(2)3/h11-13H,5-10H2,1-4H3. The Kier molecular flexibility index (Phi) is 6.28. The first-order chi connectivity index (χ1) is 7.67. The minimum Gasteiger partial charge on any atom is -0.383 e. The quantitative estimate of drug-likeness (QED) is 0.677. The van der Waals surface area contributed by atoms with E-state index >= 15 is 0 Å². The number of nitrogens with zero attached hydrogens (tertiary/aromatic N) is 2. The topological polar surface area (TPSA) is 27.7 Å². The molecule has 0 amide bonds. The van der Waals surface area contributed by atoms with Crippen molar-refractivity contribution in [1.82, 2.24) is 15.1 Å². The van der Waals surface area contributed by atoms with Gasteiger partial charge in [0.1, 0.15) is 0 Å². The van der Waals surface area contributed by atoms with Gasteiger partial charge in [-0.25, -0.2) is 0 Å². The summed E-state index contributed by atoms with van der Waals surface area (Å²) in [5.74, 6) is 0. The molecule has 1 N–H and O–H groups in total. The van der Waals surface area contributed by atoms with Crippen molar-refractivity contribution in [2.75, 3.05) is 54.5 Å². The predicted octanol–water partition coefficient (Wildman–Crippen LogP) is 0.247. The van der Waals surface area contributed by atoms with E-state index in [0.717, 1.165) is 19.2 Å². The zero-order valence-electron chi connectivity index (χ0n) is 11.2. The molecule has 4 nitrogen and oxygen atoms in total. The number of likely N-dealkylation sites (tertiary alicyclic amines) is 1. The van der Waals surface area contributed by atoms with Crippen LogP contribution < -0.4 is 5.32 Å². The van der Waals surface area contributed by atoms with Crippen LogP contribution in [0.1, 0.15) is 12.8 Å². The highest BCUT2D eigenvalue weighted by molar-refractivity contribution is 4.83. The lowest BCUT2D eigenvalue weighted by Gasteiger charge is -2.30. The Morgan fingerprint density at radius 3 is 2.81 bits per heavy atom. The molecule has 2 atom stereocenters. The van der Waals surface area contributed by atoms with Gasteiger partial charge < -0.3 is 15.0 Å². The van der Waals surface area contributed by atoms with Gasteiger partial charge in [0.15, 0.2) is 0 Å². The number of ether oxygens (including phenoxy) is 1. The van der Waals surface area contributed by atoms with Crippen LogP contribution in [0.4, 0.5) is 0 Å². The van der Waals surface area contributed by atoms with Gasteiger partial charge in [0, 0.05) is 32.3 Å². The van der Waals surface area contributed by atoms with Gasteiger partial charge in [-0.1, -0.05) is 0 Å². The predicted molar refractivity (Wildman–Crippen MR) is 67.9 cm³/mol. The van der Waals surface area contributed by atoms with E-state index < -0.39 is 0 Å². The van der Waals surface area contributed by atoms with Gasteiger partial charge in [-0.3, -0.25) is 4.90 Å². The van der Waals surface area contributed by atoms with Crippen molar-refractivity contribution in [1.29, 1.82) is 0 Å². The maximum Gasteiger partial charge on any atom is 0.0628 e. The number of methoxy groups -OCH3 is 1. The molecule has 0 aliphatic carbocycles. The van der Waals surface area contributed by atoms with Gasteiger partial charge >= 0.3 is 0 Å². The molecule has 0 saturated carbocycles. The fraction of sp³-hybridized carbons (Fsp3) is 1.00. The molecule has 4 heteroatoms. The Bertz CT molecular complexity index is 187. The molecular weight excluding hydrogens is 202 g/mol. The van der Waals surface area contributed by atoms with Gasteiger partial charge in [0.2, 0.25) is 0 Å². The van der Waals surface area contributed by atoms with Crippen LogP contribution in [-0.4, -0.2) is 76.4 Å². The van der Waals surface area contributed by atoms with Crippen molar-refractivity contribution in [3.63, 3.8) is 0 Å². The van der Waals surface area contributed by atoms with Gasteiger partial charge in [-0.05, 0) is 40.5 Å². The van der Waals surface area contributed by atoms with E-state index in [4.69, 9.17) is 4.74 Å². The van der Waals surface area contributed by atoms with Crippen molar-refractivity contribution >= 4 is 0 Å². The van der Waals surface area contributed by atoms with E-state index in [1.807, 2.05) is 7.05 Å². The molecule has 0 spiro atoms. The van der Waals surface area contributed by atoms with Crippen LogP contribution in [0.5, 0.6) is 0 Å². The summed E-state index contributed by atoms with van der Waals surface area (Å²) in [6, 6.07) is 1.18. The lowest BCUT2D eigenvalue weighted by molar-refractivity contribution is 0.129. The van der Waals surface area contributed by atoms with Crippen LogP contribution in [0.3, 0.4) is 0 Å². The Morgan fingerprint density at radius 2 is 2.25 bits per heavy atom. The second-order valence-electron chi connectivity index (χ2n) is 4.99. The summed E-state index contributed by atoms with van der Waals surface area (Å²) in [6.45, 7) is 4.30. The van der Waals surface area contributed by atoms with Crippen molar-refractivity contribution in [2.45, 2.75) is 24.9 Å². The lowest BCUT2D eigenvalue weighted by Crippen LogP contribution is -2.46. The molecule has 96 valence electrons. The van der Waals surface area contributed by atoms with E-state index in [9.17, 15) is 0 Å². The minimum absolute atomic E-state index is 0.452. The molecule has 1 aliphatic heterocycles. The average molecular weight is 229 g/mol. The zero-order chi connectivity index (χ0) is 12.0. The largest absolute Gasteiger partial charge is 0.383 e. The van der Waals surface area contributed by atoms with Gasteiger partial charge in [-0.15, -0.1) is 0 Å². The van der Waals surface area contributed by atoms with Crippen LogP contribution in [0.15, 0.2) is 0 Å². The van der Waals surface area contributed by atoms with Crippen LogP contribution in [0.25, 0.3) is 0 Å². The van der Waals surface area contributed by atoms with E-state index in [0.29, 0.717) is 6.04 Å². The minimum atomic E-state index is 0.452. The normalized spacial score (nSPS) is 24.2. The van der Waals surface area contributed by atoms with E-state index in [1.54, 1.807) is 7.11 Å². The number of likely N-dealkylation sites (N-methyl/N-ethyl adjacent to an activating group) is 2. The fourth-order valence-corrected chi connectivity index (χ4v) is 2.48. The summed E-state index contributed by atoms with van der Waals surface area (Å²) in [4.78, 5) is 4.88. The molecule has 0 aromatic heterocycles. The Balaban J connectivity index is 2.38.